The van der Waals surface area contributed by atoms with Crippen molar-refractivity contribution in [1.82, 2.24) is 4.98 Å². The highest BCUT2D eigenvalue weighted by atomic mass is 19.4. The summed E-state index contributed by atoms with van der Waals surface area (Å²) in [6.07, 6.45) is -2.94. The van der Waals surface area contributed by atoms with E-state index in [1.54, 1.807) is 13.8 Å². The first-order valence-corrected chi connectivity index (χ1v) is 5.50. The molecule has 0 spiro atoms. The highest BCUT2D eigenvalue weighted by molar-refractivity contribution is 5.30. The normalized spacial score (nSPS) is 13.9. The van der Waals surface area contributed by atoms with Crippen LogP contribution in [0.25, 0.3) is 0 Å². The molecule has 0 aliphatic rings. The molecule has 0 atom stereocenters. The van der Waals surface area contributed by atoms with E-state index in [0.717, 1.165) is 6.07 Å². The number of alkyl halides is 3. The molecular weight excluding hydrogens is 227 g/mol. The average molecular weight is 245 g/mol. The molecule has 0 aliphatic carbocycles. The van der Waals surface area contributed by atoms with Gasteiger partial charge in [0.25, 0.3) is 0 Å². The van der Waals surface area contributed by atoms with Crippen molar-refractivity contribution >= 4 is 0 Å². The maximum absolute atomic E-state index is 12.9. The molecule has 0 aromatic carbocycles. The van der Waals surface area contributed by atoms with Gasteiger partial charge in [0.1, 0.15) is 0 Å². The Balaban J connectivity index is 3.43. The predicted molar refractivity (Wildman–Crippen MR) is 61.7 cm³/mol. The number of hydrogen-bond donors (Lipinski definition) is 0. The van der Waals surface area contributed by atoms with Crippen LogP contribution in [0.5, 0.6) is 0 Å². The summed E-state index contributed by atoms with van der Waals surface area (Å²) < 4.78 is 38.8. The molecule has 0 unspecified atom stereocenters. The summed E-state index contributed by atoms with van der Waals surface area (Å²) >= 11 is 0. The van der Waals surface area contributed by atoms with Gasteiger partial charge in [0.05, 0.1) is 11.3 Å². The maximum atomic E-state index is 12.9. The molecule has 0 aliphatic heterocycles. The van der Waals surface area contributed by atoms with Gasteiger partial charge in [-0.25, -0.2) is 0 Å². The zero-order valence-electron chi connectivity index (χ0n) is 10.8. The summed E-state index contributed by atoms with van der Waals surface area (Å²) in [6.45, 7) is 9.35. The first-order valence-electron chi connectivity index (χ1n) is 5.50. The second-order valence-corrected chi connectivity index (χ2v) is 5.77. The van der Waals surface area contributed by atoms with Crippen molar-refractivity contribution in [3.8, 4) is 0 Å². The smallest absolute Gasteiger partial charge is 0.260 e. The van der Waals surface area contributed by atoms with Gasteiger partial charge in [-0.05, 0) is 17.5 Å². The van der Waals surface area contributed by atoms with Crippen LogP contribution in [-0.4, -0.2) is 4.98 Å². The Hall–Kier alpha value is -1.06. The molecule has 0 N–H and O–H groups in total. The van der Waals surface area contributed by atoms with Crippen LogP contribution >= 0.6 is 0 Å². The zero-order chi connectivity index (χ0) is 13.5. The second-order valence-electron chi connectivity index (χ2n) is 5.77. The molecule has 1 rings (SSSR count). The van der Waals surface area contributed by atoms with E-state index in [1.807, 2.05) is 20.8 Å². The topological polar surface area (TPSA) is 12.9 Å². The van der Waals surface area contributed by atoms with Crippen LogP contribution in [0.3, 0.4) is 0 Å². The van der Waals surface area contributed by atoms with Gasteiger partial charge in [-0.1, -0.05) is 34.6 Å². The second kappa shape index (κ2) is 4.00. The average Bonchev–Trinajstić information content (AvgIpc) is 2.14. The van der Waals surface area contributed by atoms with E-state index in [-0.39, 0.29) is 11.1 Å². The summed E-state index contributed by atoms with van der Waals surface area (Å²) in [5.41, 5.74) is -1.49. The van der Waals surface area contributed by atoms with Crippen LogP contribution in [0.15, 0.2) is 18.3 Å². The molecule has 0 fully saturated rings. The highest BCUT2D eigenvalue weighted by Crippen LogP contribution is 2.44. The lowest BCUT2D eigenvalue weighted by Gasteiger charge is -2.39. The van der Waals surface area contributed by atoms with E-state index in [9.17, 15) is 13.2 Å². The SMILES string of the molecule is CC(C)(C)C(C)(C)c1ncccc1C(F)(F)F. The Labute approximate surface area is 100 Å². The van der Waals surface area contributed by atoms with Crippen molar-refractivity contribution in [2.45, 2.75) is 46.2 Å². The molecule has 1 heterocycles. The molecule has 0 bridgehead atoms. The molecule has 1 nitrogen and oxygen atoms in total. The third-order valence-corrected chi connectivity index (χ3v) is 3.58. The number of halogens is 3. The Morgan fingerprint density at radius 2 is 1.53 bits per heavy atom. The predicted octanol–water partition coefficient (Wildman–Crippen LogP) is 4.42. The van der Waals surface area contributed by atoms with Crippen molar-refractivity contribution in [3.05, 3.63) is 29.6 Å². The lowest BCUT2D eigenvalue weighted by molar-refractivity contribution is -0.139. The summed E-state index contributed by atoms with van der Waals surface area (Å²) in [5.74, 6) is 0. The summed E-state index contributed by atoms with van der Waals surface area (Å²) in [6, 6.07) is 2.42. The van der Waals surface area contributed by atoms with Gasteiger partial charge in [0.2, 0.25) is 0 Å². The summed E-state index contributed by atoms with van der Waals surface area (Å²) in [7, 11) is 0. The number of hydrogen-bond acceptors (Lipinski definition) is 1. The number of pyridine rings is 1. The molecule has 0 radical (unpaired) electrons. The minimum atomic E-state index is -4.36. The summed E-state index contributed by atoms with van der Waals surface area (Å²) in [4.78, 5) is 3.96. The van der Waals surface area contributed by atoms with E-state index in [4.69, 9.17) is 0 Å². The van der Waals surface area contributed by atoms with E-state index in [1.165, 1.54) is 12.3 Å². The highest BCUT2D eigenvalue weighted by Gasteiger charge is 2.43. The first-order chi connectivity index (χ1) is 7.48. The van der Waals surface area contributed by atoms with Crippen molar-refractivity contribution in [1.29, 1.82) is 0 Å². The third-order valence-electron chi connectivity index (χ3n) is 3.58. The molecule has 0 saturated heterocycles. The van der Waals surface area contributed by atoms with E-state index >= 15 is 0 Å². The lowest BCUT2D eigenvalue weighted by atomic mass is 9.66. The molecule has 0 saturated carbocycles. The monoisotopic (exact) mass is 245 g/mol. The fourth-order valence-corrected chi connectivity index (χ4v) is 1.49. The van der Waals surface area contributed by atoms with Gasteiger partial charge in [-0.15, -0.1) is 0 Å². The van der Waals surface area contributed by atoms with Crippen LogP contribution in [-0.2, 0) is 11.6 Å². The van der Waals surface area contributed by atoms with E-state index in [2.05, 4.69) is 4.98 Å². The molecule has 96 valence electrons. The first kappa shape index (κ1) is 14.0. The van der Waals surface area contributed by atoms with Gasteiger partial charge in [0, 0.05) is 11.6 Å². The minimum absolute atomic E-state index is 0.111. The van der Waals surface area contributed by atoms with Gasteiger partial charge in [-0.3, -0.25) is 4.98 Å². The lowest BCUT2D eigenvalue weighted by Crippen LogP contribution is -2.37. The van der Waals surface area contributed by atoms with Crippen molar-refractivity contribution < 1.29 is 13.2 Å². The molecule has 4 heteroatoms. The Bertz CT molecular complexity index is 400. The van der Waals surface area contributed by atoms with Crippen LogP contribution < -0.4 is 0 Å². The van der Waals surface area contributed by atoms with Crippen LogP contribution in [0.2, 0.25) is 0 Å². The van der Waals surface area contributed by atoms with Gasteiger partial charge < -0.3 is 0 Å². The van der Waals surface area contributed by atoms with E-state index < -0.39 is 17.2 Å². The van der Waals surface area contributed by atoms with Crippen molar-refractivity contribution in [3.63, 3.8) is 0 Å². The Morgan fingerprint density at radius 1 is 1.00 bits per heavy atom. The Morgan fingerprint density at radius 3 is 1.94 bits per heavy atom. The van der Waals surface area contributed by atoms with E-state index in [0.29, 0.717) is 0 Å². The van der Waals surface area contributed by atoms with Crippen molar-refractivity contribution in [2.75, 3.05) is 0 Å². The molecule has 1 aromatic rings. The van der Waals surface area contributed by atoms with Gasteiger partial charge in [0.15, 0.2) is 0 Å². The number of nitrogens with zero attached hydrogens (tertiary/aromatic N) is 1. The molecule has 1 aromatic heterocycles. The standard InChI is InChI=1S/C13H18F3N/c1-11(2,3)12(4,5)10-9(13(14,15)16)7-6-8-17-10/h6-8H,1-5H3. The molecule has 17 heavy (non-hydrogen) atoms. The van der Waals surface area contributed by atoms with Gasteiger partial charge in [-0.2, -0.15) is 13.2 Å². The molecular formula is C13H18F3N. The minimum Gasteiger partial charge on any atom is -0.260 e. The number of aromatic nitrogens is 1. The maximum Gasteiger partial charge on any atom is 0.418 e. The van der Waals surface area contributed by atoms with Crippen LogP contribution in [0.4, 0.5) is 13.2 Å². The van der Waals surface area contributed by atoms with Crippen LogP contribution in [0.1, 0.15) is 45.9 Å². The largest absolute Gasteiger partial charge is 0.418 e. The Kier molecular flexibility index (Phi) is 3.29. The third kappa shape index (κ3) is 2.61. The van der Waals surface area contributed by atoms with Gasteiger partial charge >= 0.3 is 6.18 Å². The summed E-state index contributed by atoms with van der Waals surface area (Å²) in [5, 5.41) is 0. The van der Waals surface area contributed by atoms with Crippen LogP contribution in [0, 0.1) is 5.41 Å². The zero-order valence-corrected chi connectivity index (χ0v) is 10.8. The quantitative estimate of drug-likeness (QED) is 0.713. The fraction of sp³-hybridized carbons (Fsp3) is 0.615. The van der Waals surface area contributed by atoms with Crippen molar-refractivity contribution in [2.24, 2.45) is 5.41 Å². The fourth-order valence-electron chi connectivity index (χ4n) is 1.49. The molecule has 0 amide bonds. The number of rotatable bonds is 1.